The van der Waals surface area contributed by atoms with Crippen LogP contribution in [0, 0.1) is 0 Å². The first-order chi connectivity index (χ1) is 8.49. The summed E-state index contributed by atoms with van der Waals surface area (Å²) in [6.07, 6.45) is -5.04. The Labute approximate surface area is 102 Å². The first-order valence-electron chi connectivity index (χ1n) is 5.50. The Bertz CT molecular complexity index is 343. The van der Waals surface area contributed by atoms with Crippen LogP contribution >= 0.6 is 0 Å². The van der Waals surface area contributed by atoms with Gasteiger partial charge in [-0.15, -0.1) is 0 Å². The quantitative estimate of drug-likeness (QED) is 0.492. The molecule has 0 aliphatic carbocycles. The summed E-state index contributed by atoms with van der Waals surface area (Å²) in [7, 11) is 0. The van der Waals surface area contributed by atoms with Crippen LogP contribution in [0.2, 0.25) is 0 Å². The zero-order valence-electron chi connectivity index (χ0n) is 9.39. The topological polar surface area (TPSA) is 123 Å². The van der Waals surface area contributed by atoms with E-state index in [1.54, 1.807) is 0 Å². The average molecular weight is 262 g/mol. The lowest BCUT2D eigenvalue weighted by Crippen LogP contribution is -2.37. The summed E-state index contributed by atoms with van der Waals surface area (Å²) in [5.74, 6) is -2.33. The van der Waals surface area contributed by atoms with E-state index in [9.17, 15) is 19.8 Å². The van der Waals surface area contributed by atoms with E-state index in [-0.39, 0.29) is 13.2 Å². The normalized spacial score (nSPS) is 36.1. The SMILES string of the molecule is O=C(O)CC(O)C(=O)O[C@H]1CO[C@H]2[C@@H]1OC[C@H]2O. The fourth-order valence-corrected chi connectivity index (χ4v) is 2.02. The second-order valence-corrected chi connectivity index (χ2v) is 4.25. The van der Waals surface area contributed by atoms with Crippen molar-refractivity contribution in [1.29, 1.82) is 0 Å². The van der Waals surface area contributed by atoms with E-state index in [0.717, 1.165) is 0 Å². The lowest BCUT2D eigenvalue weighted by molar-refractivity contribution is -0.166. The highest BCUT2D eigenvalue weighted by molar-refractivity contribution is 5.80. The molecule has 0 radical (unpaired) electrons. The van der Waals surface area contributed by atoms with Crippen LogP contribution in [-0.4, -0.2) is 71.0 Å². The number of carbonyl (C=O) groups is 2. The summed E-state index contributed by atoms with van der Waals surface area (Å²) in [5.41, 5.74) is 0. The van der Waals surface area contributed by atoms with E-state index >= 15 is 0 Å². The van der Waals surface area contributed by atoms with Crippen LogP contribution in [0.1, 0.15) is 6.42 Å². The van der Waals surface area contributed by atoms with Crippen molar-refractivity contribution in [2.75, 3.05) is 13.2 Å². The smallest absolute Gasteiger partial charge is 0.336 e. The molecule has 0 saturated carbocycles. The Balaban J connectivity index is 1.87. The molecule has 2 heterocycles. The summed E-state index contributed by atoms with van der Waals surface area (Å²) in [6, 6.07) is 0. The molecule has 2 saturated heterocycles. The fourth-order valence-electron chi connectivity index (χ4n) is 2.02. The molecule has 1 unspecified atom stereocenters. The minimum absolute atomic E-state index is 0.0535. The molecule has 0 amide bonds. The van der Waals surface area contributed by atoms with Gasteiger partial charge >= 0.3 is 11.9 Å². The number of carboxylic acids is 1. The van der Waals surface area contributed by atoms with Gasteiger partial charge in [0.25, 0.3) is 0 Å². The number of hydrogen-bond donors (Lipinski definition) is 3. The van der Waals surface area contributed by atoms with Crippen molar-refractivity contribution in [3.63, 3.8) is 0 Å². The van der Waals surface area contributed by atoms with Gasteiger partial charge in [-0.05, 0) is 0 Å². The molecular weight excluding hydrogens is 248 g/mol. The molecule has 2 aliphatic rings. The Morgan fingerprint density at radius 3 is 2.61 bits per heavy atom. The van der Waals surface area contributed by atoms with Gasteiger partial charge in [-0.3, -0.25) is 4.79 Å². The summed E-state index contributed by atoms with van der Waals surface area (Å²) in [4.78, 5) is 21.7. The molecule has 0 aromatic carbocycles. The predicted octanol–water partition coefficient (Wildman–Crippen LogP) is -2.11. The van der Waals surface area contributed by atoms with Crippen LogP contribution in [0.5, 0.6) is 0 Å². The third-order valence-corrected chi connectivity index (χ3v) is 2.89. The Kier molecular flexibility index (Phi) is 3.81. The van der Waals surface area contributed by atoms with Crippen LogP contribution in [0.25, 0.3) is 0 Å². The molecule has 8 heteroatoms. The molecule has 0 spiro atoms. The minimum atomic E-state index is -1.71. The van der Waals surface area contributed by atoms with Crippen LogP contribution in [-0.2, 0) is 23.8 Å². The van der Waals surface area contributed by atoms with E-state index in [4.69, 9.17) is 19.3 Å². The molecule has 3 N–H and O–H groups in total. The largest absolute Gasteiger partial charge is 0.481 e. The van der Waals surface area contributed by atoms with Crippen LogP contribution in [0.4, 0.5) is 0 Å². The standard InChI is InChI=1S/C10H14O8/c11-4(1-7(13)14)10(15)18-6-3-17-8-5(12)2-16-9(6)8/h4-6,8-9,11-12H,1-3H2,(H,13,14)/t4?,5-,6+,8-,9-/m1/s1. The van der Waals surface area contributed by atoms with Gasteiger partial charge in [0.1, 0.15) is 18.3 Å². The Hall–Kier alpha value is -1.22. The highest BCUT2D eigenvalue weighted by Crippen LogP contribution is 2.28. The number of carbonyl (C=O) groups excluding carboxylic acids is 1. The monoisotopic (exact) mass is 262 g/mol. The third-order valence-electron chi connectivity index (χ3n) is 2.89. The molecule has 0 aromatic heterocycles. The average Bonchev–Trinajstić information content (AvgIpc) is 2.83. The van der Waals surface area contributed by atoms with Crippen LogP contribution < -0.4 is 0 Å². The molecule has 102 valence electrons. The van der Waals surface area contributed by atoms with Gasteiger partial charge in [0.15, 0.2) is 12.2 Å². The number of fused-ring (bicyclic) bond motifs is 1. The number of esters is 1. The lowest BCUT2D eigenvalue weighted by Gasteiger charge is -2.18. The van der Waals surface area contributed by atoms with E-state index in [1.807, 2.05) is 0 Å². The maximum atomic E-state index is 11.4. The first kappa shape index (κ1) is 13.2. The number of aliphatic hydroxyl groups excluding tert-OH is 2. The number of ether oxygens (including phenoxy) is 3. The number of hydrogen-bond acceptors (Lipinski definition) is 7. The lowest BCUT2D eigenvalue weighted by atomic mass is 10.1. The third kappa shape index (κ3) is 2.61. The summed E-state index contributed by atoms with van der Waals surface area (Å²) in [5, 5.41) is 27.1. The Morgan fingerprint density at radius 1 is 1.28 bits per heavy atom. The predicted molar refractivity (Wildman–Crippen MR) is 53.6 cm³/mol. The van der Waals surface area contributed by atoms with Crippen molar-refractivity contribution in [3.05, 3.63) is 0 Å². The van der Waals surface area contributed by atoms with E-state index in [0.29, 0.717) is 0 Å². The second-order valence-electron chi connectivity index (χ2n) is 4.25. The summed E-state index contributed by atoms with van der Waals surface area (Å²) < 4.78 is 15.3. The number of aliphatic hydroxyl groups is 2. The van der Waals surface area contributed by atoms with Gasteiger partial charge in [0.2, 0.25) is 0 Å². The van der Waals surface area contributed by atoms with Gasteiger partial charge in [-0.25, -0.2) is 4.79 Å². The summed E-state index contributed by atoms with van der Waals surface area (Å²) in [6.45, 7) is 0.152. The van der Waals surface area contributed by atoms with E-state index in [2.05, 4.69) is 0 Å². The van der Waals surface area contributed by atoms with Crippen LogP contribution in [0.15, 0.2) is 0 Å². The fraction of sp³-hybridized carbons (Fsp3) is 0.800. The van der Waals surface area contributed by atoms with Gasteiger partial charge in [0.05, 0.1) is 19.6 Å². The van der Waals surface area contributed by atoms with Crippen molar-refractivity contribution in [1.82, 2.24) is 0 Å². The molecule has 0 bridgehead atoms. The van der Waals surface area contributed by atoms with Crippen molar-refractivity contribution < 1.29 is 39.1 Å². The van der Waals surface area contributed by atoms with Crippen molar-refractivity contribution in [3.8, 4) is 0 Å². The molecule has 2 aliphatic heterocycles. The summed E-state index contributed by atoms with van der Waals surface area (Å²) >= 11 is 0. The zero-order valence-corrected chi connectivity index (χ0v) is 9.39. The van der Waals surface area contributed by atoms with Crippen LogP contribution in [0.3, 0.4) is 0 Å². The van der Waals surface area contributed by atoms with Gasteiger partial charge in [-0.2, -0.15) is 0 Å². The van der Waals surface area contributed by atoms with Gasteiger partial charge in [0, 0.05) is 0 Å². The minimum Gasteiger partial charge on any atom is -0.481 e. The molecule has 5 atom stereocenters. The second kappa shape index (κ2) is 5.19. The first-order valence-corrected chi connectivity index (χ1v) is 5.50. The van der Waals surface area contributed by atoms with E-state index in [1.165, 1.54) is 0 Å². The highest BCUT2D eigenvalue weighted by atomic mass is 16.6. The molecule has 18 heavy (non-hydrogen) atoms. The molecule has 8 nitrogen and oxygen atoms in total. The maximum Gasteiger partial charge on any atom is 0.336 e. The number of rotatable bonds is 4. The van der Waals surface area contributed by atoms with Crippen molar-refractivity contribution >= 4 is 11.9 Å². The zero-order chi connectivity index (χ0) is 13.3. The van der Waals surface area contributed by atoms with Gasteiger partial charge < -0.3 is 29.5 Å². The van der Waals surface area contributed by atoms with Crippen molar-refractivity contribution in [2.45, 2.75) is 36.9 Å². The maximum absolute atomic E-state index is 11.4. The van der Waals surface area contributed by atoms with Gasteiger partial charge in [-0.1, -0.05) is 0 Å². The number of aliphatic carboxylic acids is 1. The highest BCUT2D eigenvalue weighted by Gasteiger charge is 2.49. The molecular formula is C10H14O8. The molecule has 0 aromatic rings. The van der Waals surface area contributed by atoms with E-state index < -0.39 is 48.9 Å². The number of carboxylic acid groups (broad SMARTS) is 1. The molecule has 2 fully saturated rings. The van der Waals surface area contributed by atoms with Crippen molar-refractivity contribution in [2.24, 2.45) is 0 Å². The Morgan fingerprint density at radius 2 is 1.94 bits per heavy atom. The molecule has 2 rings (SSSR count).